The zero-order valence-electron chi connectivity index (χ0n) is 9.76. The average molecular weight is 192 g/mol. The Morgan fingerprint density at radius 2 is 1.79 bits per heavy atom. The predicted molar refractivity (Wildman–Crippen MR) is 63.5 cm³/mol. The molecule has 2 aromatic heterocycles. The lowest BCUT2D eigenvalue weighted by atomic mass is 10.3. The van der Waals surface area contributed by atoms with Crippen LogP contribution in [-0.2, 0) is 0 Å². The van der Waals surface area contributed by atoms with Gasteiger partial charge >= 0.3 is 0 Å². The quantitative estimate of drug-likeness (QED) is 0.673. The van der Waals surface area contributed by atoms with Gasteiger partial charge in [0.05, 0.1) is 0 Å². The Hall–Kier alpha value is -1.31. The number of aryl methyl sites for hydroxylation is 1. The second-order valence-electron chi connectivity index (χ2n) is 2.42. The van der Waals surface area contributed by atoms with E-state index in [9.17, 15) is 0 Å². The summed E-state index contributed by atoms with van der Waals surface area (Å²) in [5.74, 6) is 0. The molecular formula is C12H20N2. The summed E-state index contributed by atoms with van der Waals surface area (Å²) < 4.78 is 0. The van der Waals surface area contributed by atoms with Crippen LogP contribution in [0.3, 0.4) is 0 Å². The van der Waals surface area contributed by atoms with Crippen molar-refractivity contribution in [1.29, 1.82) is 0 Å². The number of aromatic nitrogens is 2. The number of hydrogen-bond acceptors (Lipinski definition) is 1. The van der Waals surface area contributed by atoms with Crippen LogP contribution in [0.2, 0.25) is 0 Å². The molecule has 0 aromatic carbocycles. The summed E-state index contributed by atoms with van der Waals surface area (Å²) in [4.78, 5) is 7.22. The van der Waals surface area contributed by atoms with Gasteiger partial charge in [-0.3, -0.25) is 4.98 Å². The third kappa shape index (κ3) is 3.21. The van der Waals surface area contributed by atoms with Crippen molar-refractivity contribution in [2.45, 2.75) is 34.6 Å². The summed E-state index contributed by atoms with van der Waals surface area (Å²) in [5, 5.41) is 1.18. The minimum absolute atomic E-state index is 1.16. The van der Waals surface area contributed by atoms with Crippen LogP contribution in [0, 0.1) is 6.92 Å². The molecule has 0 bridgehead atoms. The molecule has 0 radical (unpaired) electrons. The Morgan fingerprint density at radius 3 is 2.36 bits per heavy atom. The van der Waals surface area contributed by atoms with Crippen LogP contribution in [0.25, 0.3) is 10.9 Å². The minimum Gasteiger partial charge on any atom is -0.359 e. The Bertz CT molecular complexity index is 317. The third-order valence-corrected chi connectivity index (χ3v) is 1.56. The van der Waals surface area contributed by atoms with E-state index in [0.29, 0.717) is 0 Å². The molecule has 2 heteroatoms. The molecule has 0 aliphatic heterocycles. The maximum absolute atomic E-state index is 4.01. The fourth-order valence-corrected chi connectivity index (χ4v) is 1.12. The molecule has 2 aromatic rings. The van der Waals surface area contributed by atoms with Crippen molar-refractivity contribution in [2.75, 3.05) is 0 Å². The molecule has 2 heterocycles. The van der Waals surface area contributed by atoms with Crippen LogP contribution in [0.15, 0.2) is 24.5 Å². The highest BCUT2D eigenvalue weighted by Gasteiger charge is 1.93. The Morgan fingerprint density at radius 1 is 1.14 bits per heavy atom. The number of aromatic amines is 1. The highest BCUT2D eigenvalue weighted by Crippen LogP contribution is 2.11. The number of nitrogens with zero attached hydrogens (tertiary/aromatic N) is 1. The minimum atomic E-state index is 1.16. The summed E-state index contributed by atoms with van der Waals surface area (Å²) in [5.41, 5.74) is 2.34. The van der Waals surface area contributed by atoms with Gasteiger partial charge in [0.25, 0.3) is 0 Å². The molecule has 0 aliphatic rings. The molecule has 0 atom stereocenters. The summed E-state index contributed by atoms with van der Waals surface area (Å²) in [6, 6.07) is 4.06. The van der Waals surface area contributed by atoms with Gasteiger partial charge in [-0.25, -0.2) is 0 Å². The van der Waals surface area contributed by atoms with Crippen LogP contribution in [0.1, 0.15) is 33.4 Å². The van der Waals surface area contributed by atoms with Gasteiger partial charge in [0, 0.05) is 29.0 Å². The fraction of sp³-hybridized carbons (Fsp3) is 0.417. The molecule has 0 spiro atoms. The van der Waals surface area contributed by atoms with E-state index in [-0.39, 0.29) is 0 Å². The summed E-state index contributed by atoms with van der Waals surface area (Å²) in [6.45, 7) is 10.0. The zero-order valence-corrected chi connectivity index (χ0v) is 9.76. The lowest BCUT2D eigenvalue weighted by Gasteiger charge is -1.83. The standard InChI is InChI=1S/C8H8N2.2C2H6/c1-6-4-7-5-9-3-2-8(7)10-6;2*1-2/h2-5,10H,1H3;2*1-2H3. The second kappa shape index (κ2) is 7.13. The van der Waals surface area contributed by atoms with E-state index in [4.69, 9.17) is 0 Å². The molecule has 2 rings (SSSR count). The predicted octanol–water partition coefficient (Wildman–Crippen LogP) is 3.92. The van der Waals surface area contributed by atoms with Gasteiger partial charge in [0.2, 0.25) is 0 Å². The van der Waals surface area contributed by atoms with Gasteiger partial charge in [-0.15, -0.1) is 0 Å². The van der Waals surface area contributed by atoms with Crippen molar-refractivity contribution in [1.82, 2.24) is 9.97 Å². The Labute approximate surface area is 86.4 Å². The number of fused-ring (bicyclic) bond motifs is 1. The summed E-state index contributed by atoms with van der Waals surface area (Å²) in [7, 11) is 0. The molecule has 2 nitrogen and oxygen atoms in total. The van der Waals surface area contributed by atoms with Crippen LogP contribution in [0.5, 0.6) is 0 Å². The largest absolute Gasteiger partial charge is 0.359 e. The number of pyridine rings is 1. The first-order chi connectivity index (χ1) is 6.86. The van der Waals surface area contributed by atoms with Crippen LogP contribution >= 0.6 is 0 Å². The lowest BCUT2D eigenvalue weighted by Crippen LogP contribution is -1.68. The van der Waals surface area contributed by atoms with Crippen molar-refractivity contribution < 1.29 is 0 Å². The smallest absolute Gasteiger partial charge is 0.0487 e. The molecule has 78 valence electrons. The van der Waals surface area contributed by atoms with Crippen molar-refractivity contribution in [3.05, 3.63) is 30.2 Å². The van der Waals surface area contributed by atoms with Crippen molar-refractivity contribution in [3.8, 4) is 0 Å². The van der Waals surface area contributed by atoms with Gasteiger partial charge in [0.1, 0.15) is 0 Å². The fourth-order valence-electron chi connectivity index (χ4n) is 1.12. The number of hydrogen-bond donors (Lipinski definition) is 1. The monoisotopic (exact) mass is 192 g/mol. The highest BCUT2D eigenvalue weighted by molar-refractivity contribution is 5.78. The van der Waals surface area contributed by atoms with Gasteiger partial charge in [0.15, 0.2) is 0 Å². The van der Waals surface area contributed by atoms with E-state index in [1.807, 2.05) is 46.9 Å². The normalized spacial score (nSPS) is 8.36. The molecular weight excluding hydrogens is 172 g/mol. The Kier molecular flexibility index (Phi) is 6.46. The van der Waals surface area contributed by atoms with Crippen LogP contribution < -0.4 is 0 Å². The van der Waals surface area contributed by atoms with Crippen molar-refractivity contribution in [2.24, 2.45) is 0 Å². The Balaban J connectivity index is 0.000000379. The van der Waals surface area contributed by atoms with Gasteiger partial charge in [-0.05, 0) is 19.1 Å². The molecule has 0 saturated carbocycles. The average Bonchev–Trinajstić information content (AvgIpc) is 2.64. The first-order valence-corrected chi connectivity index (χ1v) is 5.25. The van der Waals surface area contributed by atoms with E-state index in [1.54, 1.807) is 6.20 Å². The molecule has 0 saturated heterocycles. The maximum Gasteiger partial charge on any atom is 0.0487 e. The van der Waals surface area contributed by atoms with Gasteiger partial charge < -0.3 is 4.98 Å². The van der Waals surface area contributed by atoms with Crippen molar-refractivity contribution >= 4 is 10.9 Å². The maximum atomic E-state index is 4.01. The first kappa shape index (κ1) is 12.7. The highest BCUT2D eigenvalue weighted by atomic mass is 14.7. The van der Waals surface area contributed by atoms with E-state index >= 15 is 0 Å². The van der Waals surface area contributed by atoms with Gasteiger partial charge in [-0.1, -0.05) is 27.7 Å². The van der Waals surface area contributed by atoms with Gasteiger partial charge in [-0.2, -0.15) is 0 Å². The number of H-pyrrole nitrogens is 1. The lowest BCUT2D eigenvalue weighted by molar-refractivity contribution is 1.29. The summed E-state index contributed by atoms with van der Waals surface area (Å²) >= 11 is 0. The first-order valence-electron chi connectivity index (χ1n) is 5.25. The van der Waals surface area contributed by atoms with E-state index in [1.165, 1.54) is 11.1 Å². The molecule has 0 amide bonds. The van der Waals surface area contributed by atoms with Crippen LogP contribution in [-0.4, -0.2) is 9.97 Å². The third-order valence-electron chi connectivity index (χ3n) is 1.56. The van der Waals surface area contributed by atoms with E-state index < -0.39 is 0 Å². The van der Waals surface area contributed by atoms with E-state index in [2.05, 4.69) is 16.0 Å². The molecule has 0 fully saturated rings. The summed E-state index contributed by atoms with van der Waals surface area (Å²) in [6.07, 6.45) is 3.65. The molecule has 0 aliphatic carbocycles. The van der Waals surface area contributed by atoms with E-state index in [0.717, 1.165) is 5.52 Å². The zero-order chi connectivity index (χ0) is 11.0. The topological polar surface area (TPSA) is 28.7 Å². The number of nitrogens with one attached hydrogen (secondary N) is 1. The van der Waals surface area contributed by atoms with Crippen molar-refractivity contribution in [3.63, 3.8) is 0 Å². The molecule has 14 heavy (non-hydrogen) atoms. The second-order valence-corrected chi connectivity index (χ2v) is 2.42. The molecule has 0 unspecified atom stereocenters. The SMILES string of the molecule is CC.CC.Cc1cc2cnccc2[nH]1. The number of rotatable bonds is 0. The van der Waals surface area contributed by atoms with Crippen LogP contribution in [0.4, 0.5) is 0 Å². The molecule has 1 N–H and O–H groups in total.